The molecule has 0 unspecified atom stereocenters. The maximum absolute atomic E-state index is 13.5. The molecule has 1 aliphatic carbocycles. The second-order valence-corrected chi connectivity index (χ2v) is 9.71. The molecule has 0 radical (unpaired) electrons. The van der Waals surface area contributed by atoms with E-state index in [9.17, 15) is 13.2 Å². The molecule has 8 nitrogen and oxygen atoms in total. The van der Waals surface area contributed by atoms with Gasteiger partial charge in [-0.15, -0.1) is 0 Å². The number of anilines is 1. The Labute approximate surface area is 195 Å². The minimum atomic E-state index is -4.04. The van der Waals surface area contributed by atoms with Gasteiger partial charge < -0.3 is 19.5 Å². The third-order valence-electron chi connectivity index (χ3n) is 5.57. The van der Waals surface area contributed by atoms with E-state index < -0.39 is 22.5 Å². The highest BCUT2D eigenvalue weighted by molar-refractivity contribution is 7.92. The Hall–Kier alpha value is -2.78. The first-order chi connectivity index (χ1) is 16.0. The molecule has 0 aliphatic heterocycles. The second-order valence-electron chi connectivity index (χ2n) is 7.84. The standard InChI is InChI=1S/C24H32N2O6S/c1-30-20-13-14-23(31-2)22(17-20)26(33(28,29)21-11-4-3-5-12-21)18-24(27)25-15-8-16-32-19-9-6-7-10-19/h3-5,11-14,17,19H,6-10,15-16,18H2,1-2H3,(H,25,27). The first kappa shape index (κ1) is 24.9. The van der Waals surface area contributed by atoms with Crippen molar-refractivity contribution in [2.45, 2.75) is 43.1 Å². The molecule has 0 atom stereocenters. The van der Waals surface area contributed by atoms with Crippen LogP contribution in [-0.4, -0.2) is 54.3 Å². The van der Waals surface area contributed by atoms with Crippen LogP contribution in [0.4, 0.5) is 5.69 Å². The van der Waals surface area contributed by atoms with Crippen LogP contribution in [0.15, 0.2) is 53.4 Å². The molecular weight excluding hydrogens is 444 g/mol. The Bertz CT molecular complexity index is 1010. The molecule has 0 saturated heterocycles. The lowest BCUT2D eigenvalue weighted by molar-refractivity contribution is -0.119. The first-order valence-corrected chi connectivity index (χ1v) is 12.6. The molecule has 0 heterocycles. The maximum Gasteiger partial charge on any atom is 0.264 e. The summed E-state index contributed by atoms with van der Waals surface area (Å²) < 4.78 is 44.5. The number of nitrogens with zero attached hydrogens (tertiary/aromatic N) is 1. The average Bonchev–Trinajstić information content (AvgIpc) is 3.36. The van der Waals surface area contributed by atoms with Gasteiger partial charge in [0.25, 0.3) is 10.0 Å². The SMILES string of the molecule is COc1ccc(OC)c(N(CC(=O)NCCCOC2CCCC2)S(=O)(=O)c2ccccc2)c1. The van der Waals surface area contributed by atoms with Crippen molar-refractivity contribution in [1.29, 1.82) is 0 Å². The highest BCUT2D eigenvalue weighted by Gasteiger charge is 2.29. The van der Waals surface area contributed by atoms with Crippen LogP contribution in [-0.2, 0) is 19.6 Å². The zero-order chi connectivity index (χ0) is 23.7. The monoisotopic (exact) mass is 476 g/mol. The number of hydrogen-bond acceptors (Lipinski definition) is 6. The van der Waals surface area contributed by atoms with Crippen LogP contribution in [0.3, 0.4) is 0 Å². The highest BCUT2D eigenvalue weighted by Crippen LogP contribution is 2.35. The van der Waals surface area contributed by atoms with Crippen LogP contribution in [0.1, 0.15) is 32.1 Å². The molecule has 9 heteroatoms. The predicted octanol–water partition coefficient (Wildman–Crippen LogP) is 3.36. The van der Waals surface area contributed by atoms with Crippen molar-refractivity contribution >= 4 is 21.6 Å². The fourth-order valence-electron chi connectivity index (χ4n) is 3.80. The summed E-state index contributed by atoms with van der Waals surface area (Å²) in [5.74, 6) is 0.344. The van der Waals surface area contributed by atoms with Gasteiger partial charge in [-0.3, -0.25) is 9.10 Å². The molecule has 1 N–H and O–H groups in total. The van der Waals surface area contributed by atoms with E-state index >= 15 is 0 Å². The van der Waals surface area contributed by atoms with E-state index in [1.165, 1.54) is 39.2 Å². The summed E-state index contributed by atoms with van der Waals surface area (Å²) in [6.07, 6.45) is 5.60. The molecule has 3 rings (SSSR count). The number of carbonyl (C=O) groups is 1. The van der Waals surface area contributed by atoms with Crippen molar-refractivity contribution in [3.63, 3.8) is 0 Å². The lowest BCUT2D eigenvalue weighted by atomic mass is 10.2. The van der Waals surface area contributed by atoms with E-state index in [4.69, 9.17) is 14.2 Å². The first-order valence-electron chi connectivity index (χ1n) is 11.1. The van der Waals surface area contributed by atoms with Crippen molar-refractivity contribution in [2.75, 3.05) is 38.2 Å². The number of ether oxygens (including phenoxy) is 3. The third-order valence-corrected chi connectivity index (χ3v) is 7.35. The molecule has 33 heavy (non-hydrogen) atoms. The quantitative estimate of drug-likeness (QED) is 0.472. The lowest BCUT2D eigenvalue weighted by Gasteiger charge is -2.26. The summed E-state index contributed by atoms with van der Waals surface area (Å²) >= 11 is 0. The fraction of sp³-hybridized carbons (Fsp3) is 0.458. The maximum atomic E-state index is 13.5. The number of hydrogen-bond donors (Lipinski definition) is 1. The molecule has 0 aromatic heterocycles. The largest absolute Gasteiger partial charge is 0.497 e. The van der Waals surface area contributed by atoms with Crippen LogP contribution in [0.25, 0.3) is 0 Å². The molecule has 2 aromatic carbocycles. The zero-order valence-corrected chi connectivity index (χ0v) is 20.0. The molecule has 1 fully saturated rings. The van der Waals surface area contributed by atoms with Gasteiger partial charge in [-0.25, -0.2) is 8.42 Å². The molecule has 2 aromatic rings. The molecule has 0 spiro atoms. The topological polar surface area (TPSA) is 94.2 Å². The smallest absolute Gasteiger partial charge is 0.264 e. The van der Waals surface area contributed by atoms with Gasteiger partial charge in [0.1, 0.15) is 18.0 Å². The number of nitrogens with one attached hydrogen (secondary N) is 1. The molecule has 0 bridgehead atoms. The summed E-state index contributed by atoms with van der Waals surface area (Å²) in [6.45, 7) is 0.574. The van der Waals surface area contributed by atoms with Crippen molar-refractivity contribution in [3.05, 3.63) is 48.5 Å². The molecule has 180 valence electrons. The predicted molar refractivity (Wildman–Crippen MR) is 126 cm³/mol. The minimum absolute atomic E-state index is 0.0765. The number of amides is 1. The minimum Gasteiger partial charge on any atom is -0.497 e. The highest BCUT2D eigenvalue weighted by atomic mass is 32.2. The summed E-state index contributed by atoms with van der Waals surface area (Å²) in [6, 6.07) is 12.8. The van der Waals surface area contributed by atoms with Gasteiger partial charge in [-0.05, 0) is 43.5 Å². The fourth-order valence-corrected chi connectivity index (χ4v) is 5.25. The summed E-state index contributed by atoms with van der Waals surface area (Å²) in [7, 11) is -1.11. The Balaban J connectivity index is 1.74. The van der Waals surface area contributed by atoms with E-state index in [1.807, 2.05) is 0 Å². The Kier molecular flexibility index (Phi) is 8.96. The van der Waals surface area contributed by atoms with Crippen LogP contribution in [0.5, 0.6) is 11.5 Å². The normalized spacial score (nSPS) is 14.1. The Morgan fingerprint density at radius 3 is 2.45 bits per heavy atom. The number of sulfonamides is 1. The van der Waals surface area contributed by atoms with Crippen LogP contribution in [0.2, 0.25) is 0 Å². The van der Waals surface area contributed by atoms with E-state index in [0.717, 1.165) is 17.1 Å². The van der Waals surface area contributed by atoms with Crippen molar-refractivity contribution < 1.29 is 27.4 Å². The van der Waals surface area contributed by atoms with Crippen LogP contribution < -0.4 is 19.1 Å². The van der Waals surface area contributed by atoms with Crippen molar-refractivity contribution in [2.24, 2.45) is 0 Å². The molecule has 1 amide bonds. The summed E-state index contributed by atoms with van der Waals surface area (Å²) in [4.78, 5) is 12.8. The Morgan fingerprint density at radius 1 is 1.06 bits per heavy atom. The van der Waals surface area contributed by atoms with Gasteiger partial charge in [0.15, 0.2) is 0 Å². The number of carbonyl (C=O) groups excluding carboxylic acids is 1. The number of benzene rings is 2. The zero-order valence-electron chi connectivity index (χ0n) is 19.2. The van der Waals surface area contributed by atoms with E-state index in [1.54, 1.807) is 36.4 Å². The summed E-state index contributed by atoms with van der Waals surface area (Å²) in [5, 5.41) is 2.80. The van der Waals surface area contributed by atoms with Gasteiger partial charge in [-0.2, -0.15) is 0 Å². The summed E-state index contributed by atoms with van der Waals surface area (Å²) in [5.41, 5.74) is 0.223. The van der Waals surface area contributed by atoms with E-state index in [-0.39, 0.29) is 10.6 Å². The lowest BCUT2D eigenvalue weighted by Crippen LogP contribution is -2.41. The van der Waals surface area contributed by atoms with Crippen LogP contribution >= 0.6 is 0 Å². The molecule has 1 aliphatic rings. The van der Waals surface area contributed by atoms with Gasteiger partial charge >= 0.3 is 0 Å². The molecular formula is C24H32N2O6S. The van der Waals surface area contributed by atoms with Crippen molar-refractivity contribution in [3.8, 4) is 11.5 Å². The van der Waals surface area contributed by atoms with Gasteiger partial charge in [0.05, 0.1) is 30.9 Å². The second kappa shape index (κ2) is 11.9. The van der Waals surface area contributed by atoms with Gasteiger partial charge in [0, 0.05) is 19.2 Å². The van der Waals surface area contributed by atoms with Gasteiger partial charge in [0.2, 0.25) is 5.91 Å². The Morgan fingerprint density at radius 2 is 1.79 bits per heavy atom. The number of methoxy groups -OCH3 is 2. The third kappa shape index (κ3) is 6.61. The van der Waals surface area contributed by atoms with Gasteiger partial charge in [-0.1, -0.05) is 31.0 Å². The number of rotatable bonds is 12. The van der Waals surface area contributed by atoms with E-state index in [0.29, 0.717) is 37.2 Å². The molecule has 1 saturated carbocycles. The van der Waals surface area contributed by atoms with Crippen LogP contribution in [0, 0.1) is 0 Å². The average molecular weight is 477 g/mol. The van der Waals surface area contributed by atoms with Crippen molar-refractivity contribution in [1.82, 2.24) is 5.32 Å². The van der Waals surface area contributed by atoms with E-state index in [2.05, 4.69) is 5.32 Å².